The lowest BCUT2D eigenvalue weighted by Crippen LogP contribution is -2.63. The monoisotopic (exact) mass is 268 g/mol. The third-order valence-corrected chi connectivity index (χ3v) is 3.17. The lowest BCUT2D eigenvalue weighted by molar-refractivity contribution is -0.163. The topological polar surface area (TPSA) is 84.0 Å². The molecule has 0 bridgehead atoms. The van der Waals surface area contributed by atoms with Crippen molar-refractivity contribution in [2.24, 2.45) is 5.41 Å². The van der Waals surface area contributed by atoms with Crippen molar-refractivity contribution in [3.8, 4) is 0 Å². The summed E-state index contributed by atoms with van der Waals surface area (Å²) < 4.78 is 4.52. The third kappa shape index (κ3) is 2.23. The highest BCUT2D eigenvalue weighted by Gasteiger charge is 2.55. The SMILES string of the molecule is C=CCC1(CC(=O)OC)C(=O)N(C)C(=O)N(C)C1=O. The van der Waals surface area contributed by atoms with Crippen molar-refractivity contribution >= 4 is 23.8 Å². The Morgan fingerprint density at radius 2 is 1.74 bits per heavy atom. The van der Waals surface area contributed by atoms with Gasteiger partial charge < -0.3 is 4.74 Å². The van der Waals surface area contributed by atoms with E-state index in [1.54, 1.807) is 0 Å². The van der Waals surface area contributed by atoms with E-state index in [4.69, 9.17) is 0 Å². The van der Waals surface area contributed by atoms with E-state index in [9.17, 15) is 19.2 Å². The number of esters is 1. The van der Waals surface area contributed by atoms with E-state index in [1.807, 2.05) is 0 Å². The molecule has 0 atom stereocenters. The Hall–Kier alpha value is -2.18. The highest BCUT2D eigenvalue weighted by Crippen LogP contribution is 2.36. The van der Waals surface area contributed by atoms with Crippen molar-refractivity contribution in [2.75, 3.05) is 21.2 Å². The van der Waals surface area contributed by atoms with Crippen LogP contribution in [0.2, 0.25) is 0 Å². The van der Waals surface area contributed by atoms with Gasteiger partial charge in [-0.05, 0) is 6.42 Å². The number of ether oxygens (including phenoxy) is 1. The number of rotatable bonds is 4. The van der Waals surface area contributed by atoms with Gasteiger partial charge in [0, 0.05) is 14.1 Å². The molecule has 0 aromatic rings. The molecule has 0 unspecified atom stereocenters. The first-order valence-electron chi connectivity index (χ1n) is 5.59. The number of methoxy groups -OCH3 is 1. The molecule has 19 heavy (non-hydrogen) atoms. The Labute approximate surface area is 110 Å². The number of barbiturate groups is 1. The number of imide groups is 2. The predicted octanol–water partition coefficient (Wildman–Crippen LogP) is 0.162. The van der Waals surface area contributed by atoms with E-state index in [2.05, 4.69) is 11.3 Å². The van der Waals surface area contributed by atoms with Crippen molar-refractivity contribution in [1.82, 2.24) is 9.80 Å². The zero-order valence-electron chi connectivity index (χ0n) is 11.1. The highest BCUT2D eigenvalue weighted by molar-refractivity contribution is 6.20. The van der Waals surface area contributed by atoms with Crippen LogP contribution in [0.1, 0.15) is 12.8 Å². The molecule has 1 heterocycles. The second-order valence-corrected chi connectivity index (χ2v) is 4.34. The van der Waals surface area contributed by atoms with Crippen LogP contribution in [0.15, 0.2) is 12.7 Å². The summed E-state index contributed by atoms with van der Waals surface area (Å²) in [6.07, 6.45) is 0.910. The van der Waals surface area contributed by atoms with E-state index < -0.39 is 35.7 Å². The first kappa shape index (κ1) is 14.9. The number of hydrogen-bond donors (Lipinski definition) is 0. The molecule has 0 N–H and O–H groups in total. The normalized spacial score (nSPS) is 18.6. The van der Waals surface area contributed by atoms with Gasteiger partial charge in [0.2, 0.25) is 11.8 Å². The lowest BCUT2D eigenvalue weighted by Gasteiger charge is -2.40. The fourth-order valence-corrected chi connectivity index (χ4v) is 2.10. The number of carbonyl (C=O) groups is 4. The Morgan fingerprint density at radius 3 is 2.11 bits per heavy atom. The zero-order valence-corrected chi connectivity index (χ0v) is 11.1. The van der Waals surface area contributed by atoms with Gasteiger partial charge in [-0.15, -0.1) is 6.58 Å². The van der Waals surface area contributed by atoms with Crippen LogP contribution in [0.4, 0.5) is 4.79 Å². The molecule has 1 fully saturated rings. The molecule has 0 aromatic heterocycles. The van der Waals surface area contributed by atoms with Crippen LogP contribution in [-0.2, 0) is 19.1 Å². The van der Waals surface area contributed by atoms with Gasteiger partial charge in [-0.25, -0.2) is 4.79 Å². The Morgan fingerprint density at radius 1 is 1.26 bits per heavy atom. The summed E-state index contributed by atoms with van der Waals surface area (Å²) in [7, 11) is 3.70. The summed E-state index contributed by atoms with van der Waals surface area (Å²) in [5.74, 6) is -2.13. The average Bonchev–Trinajstić information content (AvgIpc) is 2.41. The number of urea groups is 1. The molecule has 1 rings (SSSR count). The fraction of sp³-hybridized carbons (Fsp3) is 0.500. The number of hydrogen-bond acceptors (Lipinski definition) is 5. The van der Waals surface area contributed by atoms with Gasteiger partial charge in [-0.1, -0.05) is 6.08 Å². The smallest absolute Gasteiger partial charge is 0.332 e. The summed E-state index contributed by atoms with van der Waals surface area (Å²) in [5.41, 5.74) is -1.65. The zero-order chi connectivity index (χ0) is 14.8. The van der Waals surface area contributed by atoms with Crippen LogP contribution in [-0.4, -0.2) is 54.8 Å². The van der Waals surface area contributed by atoms with Crippen LogP contribution >= 0.6 is 0 Å². The van der Waals surface area contributed by atoms with Crippen molar-refractivity contribution in [3.05, 3.63) is 12.7 Å². The molecule has 0 spiro atoms. The van der Waals surface area contributed by atoms with Gasteiger partial charge in [0.15, 0.2) is 0 Å². The lowest BCUT2D eigenvalue weighted by atomic mass is 9.77. The molecule has 0 radical (unpaired) electrons. The van der Waals surface area contributed by atoms with Gasteiger partial charge in [-0.3, -0.25) is 24.2 Å². The number of allylic oxidation sites excluding steroid dienone is 1. The van der Waals surface area contributed by atoms with E-state index in [1.165, 1.54) is 27.3 Å². The van der Waals surface area contributed by atoms with E-state index in [-0.39, 0.29) is 6.42 Å². The van der Waals surface area contributed by atoms with Crippen LogP contribution in [0, 0.1) is 5.41 Å². The quantitative estimate of drug-likeness (QED) is 0.412. The summed E-state index contributed by atoms with van der Waals surface area (Å²) in [4.78, 5) is 49.3. The van der Waals surface area contributed by atoms with Crippen molar-refractivity contribution in [2.45, 2.75) is 12.8 Å². The van der Waals surface area contributed by atoms with Gasteiger partial charge in [0.25, 0.3) is 0 Å². The van der Waals surface area contributed by atoms with Crippen molar-refractivity contribution in [1.29, 1.82) is 0 Å². The number of amides is 4. The average molecular weight is 268 g/mol. The minimum Gasteiger partial charge on any atom is -0.469 e. The molecular weight excluding hydrogens is 252 g/mol. The molecule has 0 aliphatic carbocycles. The van der Waals surface area contributed by atoms with Gasteiger partial charge in [0.05, 0.1) is 13.5 Å². The van der Waals surface area contributed by atoms with Crippen LogP contribution in [0.3, 0.4) is 0 Å². The second-order valence-electron chi connectivity index (χ2n) is 4.34. The largest absolute Gasteiger partial charge is 0.469 e. The first-order valence-corrected chi connectivity index (χ1v) is 5.59. The van der Waals surface area contributed by atoms with E-state index >= 15 is 0 Å². The van der Waals surface area contributed by atoms with Crippen LogP contribution in [0.5, 0.6) is 0 Å². The van der Waals surface area contributed by atoms with E-state index in [0.717, 1.165) is 9.80 Å². The summed E-state index contributed by atoms with van der Waals surface area (Å²) in [5, 5.41) is 0. The Balaban J connectivity index is 3.29. The summed E-state index contributed by atoms with van der Waals surface area (Å²) >= 11 is 0. The van der Waals surface area contributed by atoms with Crippen molar-refractivity contribution < 1.29 is 23.9 Å². The molecule has 0 saturated carbocycles. The third-order valence-electron chi connectivity index (χ3n) is 3.17. The minimum atomic E-state index is -1.65. The maximum Gasteiger partial charge on any atom is 0.332 e. The number of nitrogens with zero attached hydrogens (tertiary/aromatic N) is 2. The van der Waals surface area contributed by atoms with Crippen LogP contribution in [0.25, 0.3) is 0 Å². The molecule has 1 aliphatic rings. The summed E-state index contributed by atoms with van der Waals surface area (Å²) in [6.45, 7) is 3.49. The maximum absolute atomic E-state index is 12.3. The highest BCUT2D eigenvalue weighted by atomic mass is 16.5. The molecule has 104 valence electrons. The molecule has 4 amide bonds. The Bertz CT molecular complexity index is 433. The molecule has 0 aromatic carbocycles. The summed E-state index contributed by atoms with van der Waals surface area (Å²) in [6, 6.07) is -0.723. The molecular formula is C12H16N2O5. The number of carbonyl (C=O) groups excluding carboxylic acids is 4. The Kier molecular flexibility index (Phi) is 4.08. The maximum atomic E-state index is 12.3. The molecule has 7 heteroatoms. The molecule has 1 saturated heterocycles. The van der Waals surface area contributed by atoms with Gasteiger partial charge in [0.1, 0.15) is 5.41 Å². The van der Waals surface area contributed by atoms with Gasteiger partial charge >= 0.3 is 12.0 Å². The molecule has 7 nitrogen and oxygen atoms in total. The minimum absolute atomic E-state index is 0.0400. The van der Waals surface area contributed by atoms with Crippen molar-refractivity contribution in [3.63, 3.8) is 0 Å². The second kappa shape index (κ2) is 5.21. The standard InChI is InChI=1S/C12H16N2O5/c1-5-6-12(7-8(15)19-4)9(16)13(2)11(18)14(3)10(12)17/h5H,1,6-7H2,2-4H3. The van der Waals surface area contributed by atoms with E-state index in [0.29, 0.717) is 0 Å². The first-order chi connectivity index (χ1) is 8.81. The predicted molar refractivity (Wildman–Crippen MR) is 64.8 cm³/mol. The molecule has 1 aliphatic heterocycles. The fourth-order valence-electron chi connectivity index (χ4n) is 2.10. The van der Waals surface area contributed by atoms with Crippen LogP contribution < -0.4 is 0 Å². The van der Waals surface area contributed by atoms with Gasteiger partial charge in [-0.2, -0.15) is 0 Å².